The van der Waals surface area contributed by atoms with E-state index >= 15 is 0 Å². The van der Waals surface area contributed by atoms with Crippen molar-refractivity contribution in [2.75, 3.05) is 0 Å². The highest BCUT2D eigenvalue weighted by Gasteiger charge is 2.46. The molecule has 1 aromatic carbocycles. The number of nitrogens with two attached hydrogens (primary N) is 1. The Bertz CT molecular complexity index is 322. The first-order valence-electron chi connectivity index (χ1n) is 4.35. The van der Waals surface area contributed by atoms with E-state index < -0.39 is 6.10 Å². The summed E-state index contributed by atoms with van der Waals surface area (Å²) in [6, 6.07) is 7.66. The zero-order valence-corrected chi connectivity index (χ0v) is 8.79. The number of rotatable bonds is 2. The van der Waals surface area contributed by atoms with Crippen LogP contribution in [0.15, 0.2) is 28.7 Å². The molecule has 2 rings (SSSR count). The minimum Gasteiger partial charge on any atom is -0.386 e. The quantitative estimate of drug-likeness (QED) is 0.832. The lowest BCUT2D eigenvalue weighted by Gasteiger charge is -2.18. The van der Waals surface area contributed by atoms with E-state index in [4.69, 9.17) is 5.73 Å². The van der Waals surface area contributed by atoms with Crippen LogP contribution in [0.5, 0.6) is 0 Å². The van der Waals surface area contributed by atoms with Crippen molar-refractivity contribution >= 4 is 15.9 Å². The zero-order valence-electron chi connectivity index (χ0n) is 7.20. The fourth-order valence-corrected chi connectivity index (χ4v) is 1.93. The molecule has 0 saturated heterocycles. The van der Waals surface area contributed by atoms with Crippen LogP contribution in [-0.4, -0.2) is 10.6 Å². The molecule has 0 amide bonds. The standard InChI is InChI=1S/C10H12BrNO/c11-8-4-2-1-3-7(8)9(13)10(12)5-6-10/h1-4,9,13H,5-6,12H2. The van der Waals surface area contributed by atoms with Crippen LogP contribution in [0, 0.1) is 0 Å². The maximum atomic E-state index is 9.95. The van der Waals surface area contributed by atoms with Gasteiger partial charge in [-0.2, -0.15) is 0 Å². The van der Waals surface area contributed by atoms with Gasteiger partial charge in [-0.05, 0) is 24.5 Å². The Morgan fingerprint density at radius 3 is 2.54 bits per heavy atom. The van der Waals surface area contributed by atoms with Gasteiger partial charge in [-0.25, -0.2) is 0 Å². The van der Waals surface area contributed by atoms with Crippen LogP contribution >= 0.6 is 15.9 Å². The SMILES string of the molecule is NC1(C(O)c2ccccc2Br)CC1. The summed E-state index contributed by atoms with van der Waals surface area (Å²) in [5.74, 6) is 0. The lowest BCUT2D eigenvalue weighted by molar-refractivity contribution is 0.135. The lowest BCUT2D eigenvalue weighted by atomic mass is 10.0. The minimum atomic E-state index is -0.539. The van der Waals surface area contributed by atoms with Crippen LogP contribution in [0.2, 0.25) is 0 Å². The summed E-state index contributed by atoms with van der Waals surface area (Å²) in [7, 11) is 0. The van der Waals surface area contributed by atoms with Crippen molar-refractivity contribution in [2.45, 2.75) is 24.5 Å². The summed E-state index contributed by atoms with van der Waals surface area (Å²) >= 11 is 3.40. The lowest BCUT2D eigenvalue weighted by Crippen LogP contribution is -2.30. The van der Waals surface area contributed by atoms with Crippen LogP contribution in [-0.2, 0) is 0 Å². The second-order valence-electron chi connectivity index (χ2n) is 3.66. The van der Waals surface area contributed by atoms with E-state index in [0.717, 1.165) is 22.9 Å². The van der Waals surface area contributed by atoms with Crippen molar-refractivity contribution in [3.05, 3.63) is 34.3 Å². The summed E-state index contributed by atoms with van der Waals surface area (Å²) in [6.07, 6.45) is 1.29. The summed E-state index contributed by atoms with van der Waals surface area (Å²) in [4.78, 5) is 0. The Morgan fingerprint density at radius 2 is 2.00 bits per heavy atom. The molecule has 0 bridgehead atoms. The van der Waals surface area contributed by atoms with Crippen molar-refractivity contribution in [2.24, 2.45) is 5.73 Å². The summed E-state index contributed by atoms with van der Waals surface area (Å²) in [5, 5.41) is 9.95. The summed E-state index contributed by atoms with van der Waals surface area (Å²) in [6.45, 7) is 0. The van der Waals surface area contributed by atoms with E-state index in [1.54, 1.807) is 0 Å². The Balaban J connectivity index is 2.30. The largest absolute Gasteiger partial charge is 0.386 e. The van der Waals surface area contributed by atoms with E-state index in [2.05, 4.69) is 15.9 Å². The number of aliphatic hydroxyl groups is 1. The molecule has 13 heavy (non-hydrogen) atoms. The third-order valence-electron chi connectivity index (χ3n) is 2.57. The van der Waals surface area contributed by atoms with Crippen LogP contribution < -0.4 is 5.73 Å². The molecule has 0 aromatic heterocycles. The Hall–Kier alpha value is -0.380. The molecule has 1 saturated carbocycles. The third kappa shape index (κ3) is 1.64. The molecule has 3 heteroatoms. The number of hydrogen-bond acceptors (Lipinski definition) is 2. The Morgan fingerprint density at radius 1 is 1.38 bits per heavy atom. The van der Waals surface area contributed by atoms with Crippen LogP contribution in [0.3, 0.4) is 0 Å². The van der Waals surface area contributed by atoms with E-state index in [0.29, 0.717) is 0 Å². The van der Waals surface area contributed by atoms with Gasteiger partial charge in [0.2, 0.25) is 0 Å². The van der Waals surface area contributed by atoms with Crippen molar-refractivity contribution in [1.82, 2.24) is 0 Å². The first-order valence-corrected chi connectivity index (χ1v) is 5.14. The molecular weight excluding hydrogens is 230 g/mol. The van der Waals surface area contributed by atoms with E-state index in [1.807, 2.05) is 24.3 Å². The molecule has 0 radical (unpaired) electrons. The van der Waals surface area contributed by atoms with Gasteiger partial charge in [0.1, 0.15) is 0 Å². The average Bonchev–Trinajstić information content (AvgIpc) is 2.85. The molecule has 1 aromatic rings. The molecule has 2 nitrogen and oxygen atoms in total. The maximum Gasteiger partial charge on any atom is 0.0980 e. The van der Waals surface area contributed by atoms with E-state index in [1.165, 1.54) is 0 Å². The van der Waals surface area contributed by atoms with Gasteiger partial charge in [-0.3, -0.25) is 0 Å². The highest BCUT2D eigenvalue weighted by atomic mass is 79.9. The summed E-state index contributed by atoms with van der Waals surface area (Å²) in [5.41, 5.74) is 6.44. The predicted octanol–water partition coefficient (Wildman–Crippen LogP) is 1.97. The van der Waals surface area contributed by atoms with E-state index in [-0.39, 0.29) is 5.54 Å². The van der Waals surface area contributed by atoms with Crippen molar-refractivity contribution < 1.29 is 5.11 Å². The third-order valence-corrected chi connectivity index (χ3v) is 3.29. The number of halogens is 1. The van der Waals surface area contributed by atoms with Crippen LogP contribution in [0.25, 0.3) is 0 Å². The molecule has 1 fully saturated rings. The zero-order chi connectivity index (χ0) is 9.47. The smallest absolute Gasteiger partial charge is 0.0980 e. The first-order chi connectivity index (χ1) is 6.13. The van der Waals surface area contributed by atoms with Gasteiger partial charge in [-0.15, -0.1) is 0 Å². The van der Waals surface area contributed by atoms with Gasteiger partial charge in [0.05, 0.1) is 6.10 Å². The number of hydrogen-bond donors (Lipinski definition) is 2. The molecular formula is C10H12BrNO. The van der Waals surface area contributed by atoms with E-state index in [9.17, 15) is 5.11 Å². The molecule has 3 N–H and O–H groups in total. The van der Waals surface area contributed by atoms with Crippen LogP contribution in [0.4, 0.5) is 0 Å². The highest BCUT2D eigenvalue weighted by Crippen LogP contribution is 2.44. The molecule has 0 heterocycles. The predicted molar refractivity (Wildman–Crippen MR) is 55.3 cm³/mol. The van der Waals surface area contributed by atoms with Gasteiger partial charge in [-0.1, -0.05) is 34.1 Å². The molecule has 1 unspecified atom stereocenters. The molecule has 0 aliphatic heterocycles. The molecule has 1 aliphatic carbocycles. The van der Waals surface area contributed by atoms with Crippen molar-refractivity contribution in [3.8, 4) is 0 Å². The monoisotopic (exact) mass is 241 g/mol. The normalized spacial score (nSPS) is 21.2. The Kier molecular flexibility index (Phi) is 2.18. The van der Waals surface area contributed by atoms with Gasteiger partial charge in [0.25, 0.3) is 0 Å². The first kappa shape index (κ1) is 9.19. The number of aliphatic hydroxyl groups excluding tert-OH is 1. The molecule has 1 aliphatic rings. The molecule has 1 atom stereocenters. The fourth-order valence-electron chi connectivity index (χ4n) is 1.42. The van der Waals surface area contributed by atoms with Gasteiger partial charge >= 0.3 is 0 Å². The van der Waals surface area contributed by atoms with Gasteiger partial charge in [0, 0.05) is 10.0 Å². The summed E-state index contributed by atoms with van der Waals surface area (Å²) < 4.78 is 0.930. The number of benzene rings is 1. The second kappa shape index (κ2) is 3.08. The minimum absolute atomic E-state index is 0.371. The average molecular weight is 242 g/mol. The van der Waals surface area contributed by atoms with Gasteiger partial charge < -0.3 is 10.8 Å². The molecule has 0 spiro atoms. The highest BCUT2D eigenvalue weighted by molar-refractivity contribution is 9.10. The van der Waals surface area contributed by atoms with Crippen LogP contribution in [0.1, 0.15) is 24.5 Å². The Labute approximate surface area is 85.9 Å². The van der Waals surface area contributed by atoms with Crippen molar-refractivity contribution in [1.29, 1.82) is 0 Å². The fraction of sp³-hybridized carbons (Fsp3) is 0.400. The second-order valence-corrected chi connectivity index (χ2v) is 4.51. The van der Waals surface area contributed by atoms with Crippen molar-refractivity contribution in [3.63, 3.8) is 0 Å². The topological polar surface area (TPSA) is 46.2 Å². The maximum absolute atomic E-state index is 9.95. The molecule has 70 valence electrons. The van der Waals surface area contributed by atoms with Gasteiger partial charge in [0.15, 0.2) is 0 Å².